The van der Waals surface area contributed by atoms with Crippen molar-refractivity contribution in [3.05, 3.63) is 80.5 Å². The summed E-state index contributed by atoms with van der Waals surface area (Å²) in [6.45, 7) is 1.86. The van der Waals surface area contributed by atoms with Crippen molar-refractivity contribution in [2.45, 2.75) is 31.4 Å². The highest BCUT2D eigenvalue weighted by atomic mass is 79.9. The van der Waals surface area contributed by atoms with Crippen molar-refractivity contribution >= 4 is 50.7 Å². The Morgan fingerprint density at radius 2 is 1.62 bits per heavy atom. The molecule has 0 radical (unpaired) electrons. The minimum absolute atomic E-state index is 0.0769. The number of hydrogen-bond acceptors (Lipinski definition) is 4. The molecular formula is C25H18BrClF7N3O3. The fourth-order valence-electron chi connectivity index (χ4n) is 3.60. The topological polar surface area (TPSA) is 80.3 Å². The molecule has 1 heterocycles. The van der Waals surface area contributed by atoms with Crippen LogP contribution >= 0.6 is 27.5 Å². The van der Waals surface area contributed by atoms with Gasteiger partial charge >= 0.3 is 18.0 Å². The standard InChI is InChI=1S/C25H18BrClF7N3O3/c1-3-14-9-12(7-8-35-14)21(38)36-18-6-4-5-15(20(18)40-2)22(39)37-19-16(26)10-13(11-17(19)27)23(28,24(29,30)31)25(32,33)34/h4-11H,3H2,1-2H3,(H,36,38)(H,37,39). The van der Waals surface area contributed by atoms with E-state index in [1.807, 2.05) is 6.92 Å². The lowest BCUT2D eigenvalue weighted by atomic mass is 9.94. The monoisotopic (exact) mass is 655 g/mol. The maximum absolute atomic E-state index is 14.5. The molecule has 3 aromatic rings. The number of carbonyl (C=O) groups is 2. The van der Waals surface area contributed by atoms with Crippen LogP contribution in [0.1, 0.15) is 38.9 Å². The summed E-state index contributed by atoms with van der Waals surface area (Å²) in [5, 5.41) is 4.03. The van der Waals surface area contributed by atoms with Crippen molar-refractivity contribution in [1.82, 2.24) is 4.98 Å². The predicted octanol–water partition coefficient (Wildman–Crippen LogP) is 7.86. The highest BCUT2D eigenvalue weighted by Gasteiger charge is 2.73. The van der Waals surface area contributed by atoms with Crippen LogP contribution in [0.15, 0.2) is 53.1 Å². The van der Waals surface area contributed by atoms with Crippen LogP contribution in [0.5, 0.6) is 5.75 Å². The van der Waals surface area contributed by atoms with Crippen molar-refractivity contribution in [2.75, 3.05) is 17.7 Å². The van der Waals surface area contributed by atoms with Crippen LogP contribution in [0, 0.1) is 0 Å². The number of amides is 2. The zero-order valence-electron chi connectivity index (χ0n) is 20.4. The molecule has 0 saturated heterocycles. The Morgan fingerprint density at radius 1 is 0.975 bits per heavy atom. The van der Waals surface area contributed by atoms with Gasteiger partial charge in [-0.3, -0.25) is 14.6 Å². The number of pyridine rings is 1. The van der Waals surface area contributed by atoms with Crippen LogP contribution in [0.2, 0.25) is 5.02 Å². The van der Waals surface area contributed by atoms with Gasteiger partial charge in [0, 0.05) is 27.5 Å². The van der Waals surface area contributed by atoms with Gasteiger partial charge in [0.15, 0.2) is 5.75 Å². The maximum atomic E-state index is 14.5. The maximum Gasteiger partial charge on any atom is 0.435 e. The number of anilines is 2. The summed E-state index contributed by atoms with van der Waals surface area (Å²) in [4.78, 5) is 29.9. The number of alkyl halides is 7. The lowest BCUT2D eigenvalue weighted by Crippen LogP contribution is -2.50. The molecule has 1 aromatic heterocycles. The Labute approximate surface area is 236 Å². The van der Waals surface area contributed by atoms with Crippen LogP contribution in [-0.4, -0.2) is 36.3 Å². The van der Waals surface area contributed by atoms with Gasteiger partial charge in [-0.05, 0) is 58.7 Å². The lowest BCUT2D eigenvalue weighted by Gasteiger charge is -2.30. The number of halogens is 9. The number of nitrogens with one attached hydrogen (secondary N) is 2. The van der Waals surface area contributed by atoms with Crippen molar-refractivity contribution in [2.24, 2.45) is 0 Å². The van der Waals surface area contributed by atoms with E-state index in [4.69, 9.17) is 16.3 Å². The molecule has 0 spiro atoms. The summed E-state index contributed by atoms with van der Waals surface area (Å²) in [5.41, 5.74) is -7.17. The second-order valence-electron chi connectivity index (χ2n) is 8.15. The first-order chi connectivity index (χ1) is 18.5. The average molecular weight is 657 g/mol. The molecule has 2 N–H and O–H groups in total. The molecule has 2 aromatic carbocycles. The number of benzene rings is 2. The molecule has 0 unspecified atom stereocenters. The van der Waals surface area contributed by atoms with E-state index in [1.54, 1.807) is 6.07 Å². The van der Waals surface area contributed by atoms with E-state index in [2.05, 4.69) is 31.5 Å². The molecule has 214 valence electrons. The molecule has 3 rings (SSSR count). The number of carbonyl (C=O) groups excluding carboxylic acids is 2. The molecule has 40 heavy (non-hydrogen) atoms. The van der Waals surface area contributed by atoms with E-state index in [0.717, 1.165) is 0 Å². The number of methoxy groups -OCH3 is 1. The number of hydrogen-bond donors (Lipinski definition) is 2. The zero-order valence-corrected chi connectivity index (χ0v) is 22.7. The molecule has 0 atom stereocenters. The van der Waals surface area contributed by atoms with Gasteiger partial charge in [0.2, 0.25) is 0 Å². The summed E-state index contributed by atoms with van der Waals surface area (Å²) in [5.74, 6) is -1.61. The number of ether oxygens (including phenoxy) is 1. The van der Waals surface area contributed by atoms with Gasteiger partial charge < -0.3 is 15.4 Å². The Hall–Kier alpha value is -3.39. The highest BCUT2D eigenvalue weighted by Crippen LogP contribution is 2.54. The summed E-state index contributed by atoms with van der Waals surface area (Å²) in [6, 6.07) is 7.49. The van der Waals surface area contributed by atoms with E-state index in [0.29, 0.717) is 12.1 Å². The minimum Gasteiger partial charge on any atom is -0.494 e. The van der Waals surface area contributed by atoms with Gasteiger partial charge in [-0.15, -0.1) is 0 Å². The van der Waals surface area contributed by atoms with Gasteiger partial charge in [0.1, 0.15) is 0 Å². The molecule has 0 fully saturated rings. The van der Waals surface area contributed by atoms with Crippen molar-refractivity contribution < 1.29 is 45.1 Å². The number of aromatic nitrogens is 1. The minimum atomic E-state index is -6.36. The van der Waals surface area contributed by atoms with Crippen LogP contribution in [0.3, 0.4) is 0 Å². The summed E-state index contributed by atoms with van der Waals surface area (Å²) < 4.78 is 98.2. The van der Waals surface area contributed by atoms with E-state index in [1.165, 1.54) is 37.6 Å². The smallest absolute Gasteiger partial charge is 0.435 e. The Bertz CT molecular complexity index is 1410. The summed E-state index contributed by atoms with van der Waals surface area (Å²) >= 11 is 8.65. The van der Waals surface area contributed by atoms with E-state index < -0.39 is 50.6 Å². The molecule has 6 nitrogen and oxygen atoms in total. The van der Waals surface area contributed by atoms with Gasteiger partial charge in [0.25, 0.3) is 11.8 Å². The molecule has 0 bridgehead atoms. The van der Waals surface area contributed by atoms with Crippen LogP contribution in [0.4, 0.5) is 42.1 Å². The van der Waals surface area contributed by atoms with E-state index >= 15 is 0 Å². The third kappa shape index (κ3) is 6.02. The van der Waals surface area contributed by atoms with Crippen molar-refractivity contribution in [3.8, 4) is 5.75 Å². The number of nitrogens with zero attached hydrogens (tertiary/aromatic N) is 1. The lowest BCUT2D eigenvalue weighted by molar-refractivity contribution is -0.348. The van der Waals surface area contributed by atoms with Gasteiger partial charge in [-0.1, -0.05) is 24.6 Å². The zero-order chi connectivity index (χ0) is 30.0. The second-order valence-corrected chi connectivity index (χ2v) is 9.41. The predicted molar refractivity (Wildman–Crippen MR) is 137 cm³/mol. The van der Waals surface area contributed by atoms with Crippen LogP contribution in [0.25, 0.3) is 0 Å². The Kier molecular flexibility index (Phi) is 9.04. The average Bonchev–Trinajstić information content (AvgIpc) is 2.88. The SMILES string of the molecule is CCc1cc(C(=O)Nc2cccc(C(=O)Nc3c(Cl)cc(C(F)(C(F)(F)F)C(F)(F)F)cc3Br)c2OC)ccn1. The molecule has 2 amide bonds. The van der Waals surface area contributed by atoms with Gasteiger partial charge in [-0.2, -0.15) is 26.3 Å². The molecule has 0 aliphatic carbocycles. The first kappa shape index (κ1) is 31.1. The summed E-state index contributed by atoms with van der Waals surface area (Å²) in [7, 11) is 1.20. The summed E-state index contributed by atoms with van der Waals surface area (Å²) in [6.07, 6.45) is -10.7. The largest absolute Gasteiger partial charge is 0.494 e. The fourth-order valence-corrected chi connectivity index (χ4v) is 4.54. The molecular weight excluding hydrogens is 639 g/mol. The molecule has 15 heteroatoms. The third-order valence-corrected chi connectivity index (χ3v) is 6.54. The normalized spacial score (nSPS) is 12.2. The van der Waals surface area contributed by atoms with E-state index in [-0.39, 0.29) is 34.7 Å². The van der Waals surface area contributed by atoms with Crippen molar-refractivity contribution in [3.63, 3.8) is 0 Å². The molecule has 0 saturated carbocycles. The quantitative estimate of drug-likeness (QED) is 0.254. The van der Waals surface area contributed by atoms with Crippen molar-refractivity contribution in [1.29, 1.82) is 0 Å². The van der Waals surface area contributed by atoms with Crippen LogP contribution in [-0.2, 0) is 12.1 Å². The number of aryl methyl sites for hydroxylation is 1. The second kappa shape index (κ2) is 11.6. The highest BCUT2D eigenvalue weighted by molar-refractivity contribution is 9.10. The number of para-hydroxylation sites is 1. The number of rotatable bonds is 7. The molecule has 0 aliphatic heterocycles. The van der Waals surface area contributed by atoms with Crippen LogP contribution < -0.4 is 15.4 Å². The van der Waals surface area contributed by atoms with Gasteiger partial charge in [0.05, 0.1) is 29.1 Å². The molecule has 0 aliphatic rings. The first-order valence-corrected chi connectivity index (χ1v) is 12.3. The third-order valence-electron chi connectivity index (χ3n) is 5.61. The van der Waals surface area contributed by atoms with E-state index in [9.17, 15) is 40.3 Å². The Balaban J connectivity index is 1.95. The fraction of sp³-hybridized carbons (Fsp3) is 0.240. The Morgan fingerprint density at radius 3 is 2.17 bits per heavy atom. The van der Waals surface area contributed by atoms with Gasteiger partial charge in [-0.25, -0.2) is 4.39 Å². The first-order valence-electron chi connectivity index (χ1n) is 11.1.